The first-order valence-electron chi connectivity index (χ1n) is 6.86. The molecule has 0 saturated carbocycles. The van der Waals surface area contributed by atoms with Crippen LogP contribution in [0, 0.1) is 0 Å². The van der Waals surface area contributed by atoms with E-state index in [4.69, 9.17) is 21.1 Å². The molecule has 7 heteroatoms. The Hall–Kier alpha value is -2.34. The van der Waals surface area contributed by atoms with E-state index in [1.807, 2.05) is 39.0 Å². The lowest BCUT2D eigenvalue weighted by Crippen LogP contribution is -2.13. The van der Waals surface area contributed by atoms with Crippen molar-refractivity contribution in [2.75, 3.05) is 7.11 Å². The maximum absolute atomic E-state index is 11.3. The summed E-state index contributed by atoms with van der Waals surface area (Å²) in [5, 5.41) is 16.5. The van der Waals surface area contributed by atoms with Gasteiger partial charge in [-0.2, -0.15) is 0 Å². The third kappa shape index (κ3) is 3.53. The highest BCUT2D eigenvalue weighted by molar-refractivity contribution is 6.32. The molecule has 0 fully saturated rings. The summed E-state index contributed by atoms with van der Waals surface area (Å²) in [5.74, 6) is -0.839. The average molecular weight is 337 g/mol. The van der Waals surface area contributed by atoms with Gasteiger partial charge in [-0.25, -0.2) is 4.79 Å². The maximum Gasteiger partial charge on any atom is 0.342 e. The van der Waals surface area contributed by atoms with Crippen molar-refractivity contribution in [3.05, 3.63) is 40.5 Å². The molecular weight excluding hydrogens is 320 g/mol. The van der Waals surface area contributed by atoms with Crippen molar-refractivity contribution >= 4 is 17.6 Å². The van der Waals surface area contributed by atoms with Gasteiger partial charge in [0.2, 0.25) is 5.75 Å². The molecular formula is C16H17ClN2O4. The number of carboxylic acids is 1. The number of carbonyl (C=O) groups is 1. The highest BCUT2D eigenvalue weighted by atomic mass is 35.5. The van der Waals surface area contributed by atoms with Gasteiger partial charge in [-0.05, 0) is 11.5 Å². The first-order chi connectivity index (χ1) is 10.8. The second-order valence-corrected chi connectivity index (χ2v) is 6.22. The molecule has 1 aromatic heterocycles. The molecule has 1 heterocycles. The van der Waals surface area contributed by atoms with E-state index in [0.717, 1.165) is 5.56 Å². The number of ether oxygens (including phenoxy) is 2. The SMILES string of the molecule is COc1c(Oc2ccccc2C(C)(C)C)nnc(Cl)c1C(=O)O. The van der Waals surface area contributed by atoms with Crippen LogP contribution in [0.25, 0.3) is 0 Å². The summed E-state index contributed by atoms with van der Waals surface area (Å²) in [6.07, 6.45) is 0. The third-order valence-corrected chi connectivity index (χ3v) is 3.44. The van der Waals surface area contributed by atoms with Gasteiger partial charge in [-0.3, -0.25) is 0 Å². The number of aromatic carboxylic acids is 1. The fraction of sp³-hybridized carbons (Fsp3) is 0.312. The summed E-state index contributed by atoms with van der Waals surface area (Å²) >= 11 is 5.79. The minimum absolute atomic E-state index is 0.0500. The van der Waals surface area contributed by atoms with E-state index in [0.29, 0.717) is 5.75 Å². The van der Waals surface area contributed by atoms with Crippen molar-refractivity contribution in [1.82, 2.24) is 10.2 Å². The van der Waals surface area contributed by atoms with Gasteiger partial charge in [0.25, 0.3) is 5.88 Å². The topological polar surface area (TPSA) is 81.5 Å². The molecule has 23 heavy (non-hydrogen) atoms. The van der Waals surface area contributed by atoms with E-state index in [2.05, 4.69) is 10.2 Å². The van der Waals surface area contributed by atoms with Crippen LogP contribution >= 0.6 is 11.6 Å². The van der Waals surface area contributed by atoms with Crippen LogP contribution in [0.4, 0.5) is 0 Å². The largest absolute Gasteiger partial charge is 0.490 e. The van der Waals surface area contributed by atoms with Gasteiger partial charge in [0.1, 0.15) is 11.3 Å². The number of hydrogen-bond donors (Lipinski definition) is 1. The smallest absolute Gasteiger partial charge is 0.342 e. The second kappa shape index (κ2) is 6.42. The molecule has 122 valence electrons. The second-order valence-electron chi connectivity index (χ2n) is 5.86. The van der Waals surface area contributed by atoms with E-state index in [-0.39, 0.29) is 27.8 Å². The minimum atomic E-state index is -1.27. The highest BCUT2D eigenvalue weighted by Gasteiger charge is 2.25. The number of para-hydroxylation sites is 1. The Morgan fingerprint density at radius 3 is 2.43 bits per heavy atom. The predicted octanol–water partition coefficient (Wildman–Crippen LogP) is 3.93. The number of rotatable bonds is 4. The van der Waals surface area contributed by atoms with Crippen LogP contribution < -0.4 is 9.47 Å². The summed E-state index contributed by atoms with van der Waals surface area (Å²) in [5.41, 5.74) is 0.488. The summed E-state index contributed by atoms with van der Waals surface area (Å²) in [6, 6.07) is 7.43. The maximum atomic E-state index is 11.3. The number of aromatic nitrogens is 2. The Morgan fingerprint density at radius 1 is 1.22 bits per heavy atom. The molecule has 0 radical (unpaired) electrons. The quantitative estimate of drug-likeness (QED) is 0.911. The van der Waals surface area contributed by atoms with E-state index in [1.165, 1.54) is 7.11 Å². The van der Waals surface area contributed by atoms with Crippen LogP contribution in [-0.4, -0.2) is 28.4 Å². The molecule has 6 nitrogen and oxygen atoms in total. The van der Waals surface area contributed by atoms with Crippen molar-refractivity contribution in [2.24, 2.45) is 0 Å². The lowest BCUT2D eigenvalue weighted by atomic mass is 9.86. The monoisotopic (exact) mass is 336 g/mol. The Kier molecular flexibility index (Phi) is 4.75. The van der Waals surface area contributed by atoms with Gasteiger partial charge in [-0.1, -0.05) is 50.6 Å². The number of benzene rings is 1. The van der Waals surface area contributed by atoms with Crippen molar-refractivity contribution < 1.29 is 19.4 Å². The van der Waals surface area contributed by atoms with Gasteiger partial charge in [0.15, 0.2) is 5.15 Å². The standard InChI is InChI=1S/C16H17ClN2O4/c1-16(2,3)9-7-5-6-8-10(9)23-14-12(22-4)11(15(20)21)13(17)18-19-14/h5-8H,1-4H3,(H,20,21). The fourth-order valence-corrected chi connectivity index (χ4v) is 2.31. The number of hydrogen-bond acceptors (Lipinski definition) is 5. The number of carboxylic acid groups (broad SMARTS) is 1. The van der Waals surface area contributed by atoms with Crippen molar-refractivity contribution in [3.8, 4) is 17.4 Å². The normalized spacial score (nSPS) is 11.2. The first kappa shape index (κ1) is 17.0. The third-order valence-electron chi connectivity index (χ3n) is 3.18. The molecule has 2 rings (SSSR count). The highest BCUT2D eigenvalue weighted by Crippen LogP contribution is 2.38. The molecule has 2 aromatic rings. The van der Waals surface area contributed by atoms with E-state index >= 15 is 0 Å². The van der Waals surface area contributed by atoms with Crippen LogP contribution in [-0.2, 0) is 5.41 Å². The molecule has 0 bridgehead atoms. The average Bonchev–Trinajstić information content (AvgIpc) is 2.47. The van der Waals surface area contributed by atoms with E-state index in [9.17, 15) is 9.90 Å². The van der Waals surface area contributed by atoms with E-state index < -0.39 is 5.97 Å². The van der Waals surface area contributed by atoms with Crippen molar-refractivity contribution in [1.29, 1.82) is 0 Å². The lowest BCUT2D eigenvalue weighted by molar-refractivity contribution is 0.0692. The summed E-state index contributed by atoms with van der Waals surface area (Å²) in [7, 11) is 1.32. The summed E-state index contributed by atoms with van der Waals surface area (Å²) in [4.78, 5) is 11.3. The molecule has 0 amide bonds. The molecule has 0 spiro atoms. The molecule has 0 saturated heterocycles. The Morgan fingerprint density at radius 2 is 1.87 bits per heavy atom. The number of nitrogens with zero attached hydrogens (tertiary/aromatic N) is 2. The van der Waals surface area contributed by atoms with Crippen LogP contribution in [0.2, 0.25) is 5.15 Å². The Balaban J connectivity index is 2.54. The van der Waals surface area contributed by atoms with Crippen molar-refractivity contribution in [2.45, 2.75) is 26.2 Å². The molecule has 1 N–H and O–H groups in total. The minimum Gasteiger partial charge on any atom is -0.490 e. The zero-order chi connectivity index (χ0) is 17.2. The fourth-order valence-electron chi connectivity index (χ4n) is 2.11. The summed E-state index contributed by atoms with van der Waals surface area (Å²) < 4.78 is 10.9. The summed E-state index contributed by atoms with van der Waals surface area (Å²) in [6.45, 7) is 6.13. The number of methoxy groups -OCH3 is 1. The molecule has 0 aliphatic carbocycles. The van der Waals surface area contributed by atoms with Gasteiger partial charge >= 0.3 is 5.97 Å². The molecule has 1 aromatic carbocycles. The van der Waals surface area contributed by atoms with Crippen LogP contribution in [0.1, 0.15) is 36.7 Å². The van der Waals surface area contributed by atoms with Gasteiger partial charge in [-0.15, -0.1) is 10.2 Å². The predicted molar refractivity (Wildman–Crippen MR) is 85.8 cm³/mol. The van der Waals surface area contributed by atoms with Crippen LogP contribution in [0.3, 0.4) is 0 Å². The Labute approximate surface area is 139 Å². The molecule has 0 aliphatic rings. The van der Waals surface area contributed by atoms with Gasteiger partial charge in [0, 0.05) is 5.56 Å². The zero-order valence-electron chi connectivity index (χ0n) is 13.3. The zero-order valence-corrected chi connectivity index (χ0v) is 14.0. The molecule has 0 unspecified atom stereocenters. The van der Waals surface area contributed by atoms with Crippen LogP contribution in [0.5, 0.6) is 17.4 Å². The van der Waals surface area contributed by atoms with Gasteiger partial charge in [0.05, 0.1) is 7.11 Å². The first-order valence-corrected chi connectivity index (χ1v) is 7.24. The number of halogens is 1. The van der Waals surface area contributed by atoms with E-state index in [1.54, 1.807) is 6.07 Å². The van der Waals surface area contributed by atoms with Crippen molar-refractivity contribution in [3.63, 3.8) is 0 Å². The van der Waals surface area contributed by atoms with Crippen LogP contribution in [0.15, 0.2) is 24.3 Å². The molecule has 0 atom stereocenters. The lowest BCUT2D eigenvalue weighted by Gasteiger charge is -2.22. The van der Waals surface area contributed by atoms with Gasteiger partial charge < -0.3 is 14.6 Å². The molecule has 0 aliphatic heterocycles. The Bertz CT molecular complexity index is 741.